The standard InChI is InChI=1S/C20H22O6/c1-10(21)17-13(22)9-16(25-6)18-11-7-14(23-4)15(24-5)8-12(11)20(2,3)26-19(17)18/h7-9,22H,1-6H3. The molecule has 138 valence electrons. The molecule has 2 aromatic rings. The number of phenolic OH excluding ortho intramolecular Hbond substituents is 1. The Bertz CT molecular complexity index is 898. The lowest BCUT2D eigenvalue weighted by atomic mass is 9.84. The molecule has 1 heterocycles. The average molecular weight is 358 g/mol. The van der Waals surface area contributed by atoms with Gasteiger partial charge in [0, 0.05) is 17.2 Å². The van der Waals surface area contributed by atoms with Crippen LogP contribution in [0.2, 0.25) is 0 Å². The van der Waals surface area contributed by atoms with Gasteiger partial charge in [0.15, 0.2) is 17.3 Å². The second kappa shape index (κ2) is 6.12. The fraction of sp³-hybridized carbons (Fsp3) is 0.350. The van der Waals surface area contributed by atoms with E-state index in [2.05, 4.69) is 0 Å². The predicted molar refractivity (Wildman–Crippen MR) is 96.9 cm³/mol. The van der Waals surface area contributed by atoms with Crippen LogP contribution in [0, 0.1) is 0 Å². The first-order chi connectivity index (χ1) is 12.2. The van der Waals surface area contributed by atoms with E-state index in [1.54, 1.807) is 14.2 Å². The fourth-order valence-electron chi connectivity index (χ4n) is 3.37. The third-order valence-electron chi connectivity index (χ3n) is 4.60. The average Bonchev–Trinajstić information content (AvgIpc) is 2.58. The molecule has 0 aliphatic carbocycles. The van der Waals surface area contributed by atoms with Crippen LogP contribution in [0.4, 0.5) is 0 Å². The van der Waals surface area contributed by atoms with Crippen molar-refractivity contribution in [3.63, 3.8) is 0 Å². The Morgan fingerprint density at radius 1 is 1.00 bits per heavy atom. The van der Waals surface area contributed by atoms with Gasteiger partial charge < -0.3 is 24.1 Å². The topological polar surface area (TPSA) is 74.2 Å². The Hall–Kier alpha value is -2.89. The van der Waals surface area contributed by atoms with Gasteiger partial charge in [-0.2, -0.15) is 0 Å². The van der Waals surface area contributed by atoms with E-state index in [1.165, 1.54) is 20.1 Å². The molecule has 0 unspecified atom stereocenters. The Morgan fingerprint density at radius 3 is 2.12 bits per heavy atom. The minimum absolute atomic E-state index is 0.134. The summed E-state index contributed by atoms with van der Waals surface area (Å²) >= 11 is 0. The summed E-state index contributed by atoms with van der Waals surface area (Å²) < 4.78 is 22.5. The van der Waals surface area contributed by atoms with Crippen LogP contribution < -0.4 is 18.9 Å². The van der Waals surface area contributed by atoms with Gasteiger partial charge in [-0.1, -0.05) is 0 Å². The molecule has 1 aliphatic heterocycles. The molecule has 6 nitrogen and oxygen atoms in total. The normalized spacial score (nSPS) is 13.9. The Labute approximate surface area is 152 Å². The summed E-state index contributed by atoms with van der Waals surface area (Å²) in [5.74, 6) is 1.38. The predicted octanol–water partition coefficient (Wildman–Crippen LogP) is 3.92. The van der Waals surface area contributed by atoms with E-state index in [0.717, 1.165) is 11.1 Å². The number of carbonyl (C=O) groups excluding carboxylic acids is 1. The Kier molecular flexibility index (Phi) is 4.22. The smallest absolute Gasteiger partial charge is 0.167 e. The number of benzene rings is 2. The monoisotopic (exact) mass is 358 g/mol. The van der Waals surface area contributed by atoms with Crippen LogP contribution in [-0.2, 0) is 5.60 Å². The molecule has 0 saturated carbocycles. The zero-order valence-corrected chi connectivity index (χ0v) is 15.7. The van der Waals surface area contributed by atoms with Crippen LogP contribution in [0.1, 0.15) is 36.7 Å². The molecule has 0 saturated heterocycles. The lowest BCUT2D eigenvalue weighted by Gasteiger charge is -2.37. The molecule has 26 heavy (non-hydrogen) atoms. The highest BCUT2D eigenvalue weighted by molar-refractivity contribution is 6.04. The molecule has 0 bridgehead atoms. The summed E-state index contributed by atoms with van der Waals surface area (Å²) in [5.41, 5.74) is 1.64. The zero-order chi connectivity index (χ0) is 19.2. The summed E-state index contributed by atoms with van der Waals surface area (Å²) in [5, 5.41) is 10.3. The van der Waals surface area contributed by atoms with Crippen LogP contribution in [0.15, 0.2) is 18.2 Å². The van der Waals surface area contributed by atoms with Gasteiger partial charge in [-0.15, -0.1) is 0 Å². The fourth-order valence-corrected chi connectivity index (χ4v) is 3.37. The van der Waals surface area contributed by atoms with Crippen LogP contribution in [0.3, 0.4) is 0 Å². The molecule has 6 heteroatoms. The van der Waals surface area contributed by atoms with Gasteiger partial charge in [0.2, 0.25) is 0 Å². The first kappa shape index (κ1) is 17.9. The minimum Gasteiger partial charge on any atom is -0.507 e. The molecule has 2 aromatic carbocycles. The van der Waals surface area contributed by atoms with Gasteiger partial charge in [-0.05, 0) is 32.9 Å². The van der Waals surface area contributed by atoms with Crippen molar-refractivity contribution in [3.05, 3.63) is 29.3 Å². The number of hydrogen-bond donors (Lipinski definition) is 1. The number of fused-ring (bicyclic) bond motifs is 3. The molecule has 0 spiro atoms. The molecule has 1 N–H and O–H groups in total. The van der Waals surface area contributed by atoms with Gasteiger partial charge in [-0.3, -0.25) is 4.79 Å². The van der Waals surface area contributed by atoms with Crippen molar-refractivity contribution in [2.24, 2.45) is 0 Å². The summed E-state index contributed by atoms with van der Waals surface area (Å²) in [6, 6.07) is 5.12. The molecule has 0 radical (unpaired) electrons. The van der Waals surface area contributed by atoms with Crippen LogP contribution >= 0.6 is 0 Å². The van der Waals surface area contributed by atoms with Crippen molar-refractivity contribution in [3.8, 4) is 39.9 Å². The van der Waals surface area contributed by atoms with E-state index >= 15 is 0 Å². The Morgan fingerprint density at radius 2 is 1.58 bits per heavy atom. The molecular weight excluding hydrogens is 336 g/mol. The number of hydrogen-bond acceptors (Lipinski definition) is 6. The molecule has 1 aliphatic rings. The van der Waals surface area contributed by atoms with E-state index in [9.17, 15) is 9.90 Å². The van der Waals surface area contributed by atoms with E-state index in [4.69, 9.17) is 18.9 Å². The second-order valence-electron chi connectivity index (χ2n) is 6.60. The van der Waals surface area contributed by atoms with Crippen LogP contribution in [0.5, 0.6) is 28.7 Å². The first-order valence-electron chi connectivity index (χ1n) is 8.16. The summed E-state index contributed by atoms with van der Waals surface area (Å²) in [6.45, 7) is 5.17. The van der Waals surface area contributed by atoms with Crippen LogP contribution in [0.25, 0.3) is 11.1 Å². The molecule has 0 fully saturated rings. The molecule has 0 aromatic heterocycles. The number of phenols is 1. The highest BCUT2D eigenvalue weighted by atomic mass is 16.5. The summed E-state index contributed by atoms with van der Waals surface area (Å²) in [7, 11) is 4.63. The maximum atomic E-state index is 12.2. The second-order valence-corrected chi connectivity index (χ2v) is 6.60. The number of carbonyl (C=O) groups is 1. The third-order valence-corrected chi connectivity index (χ3v) is 4.60. The number of ether oxygens (including phenoxy) is 4. The number of ketones is 1. The number of aromatic hydroxyl groups is 1. The van der Waals surface area contributed by atoms with Gasteiger partial charge in [0.05, 0.1) is 26.9 Å². The van der Waals surface area contributed by atoms with E-state index in [0.29, 0.717) is 28.6 Å². The van der Waals surface area contributed by atoms with Crippen molar-refractivity contribution in [1.29, 1.82) is 0 Å². The van der Waals surface area contributed by atoms with Crippen molar-refractivity contribution in [1.82, 2.24) is 0 Å². The molecule has 0 amide bonds. The van der Waals surface area contributed by atoms with Gasteiger partial charge in [0.25, 0.3) is 0 Å². The maximum Gasteiger partial charge on any atom is 0.167 e. The third kappa shape index (κ3) is 2.53. The maximum absolute atomic E-state index is 12.2. The van der Waals surface area contributed by atoms with Gasteiger partial charge >= 0.3 is 0 Å². The quantitative estimate of drug-likeness (QED) is 0.835. The minimum atomic E-state index is -0.759. The zero-order valence-electron chi connectivity index (χ0n) is 15.7. The van der Waals surface area contributed by atoms with E-state index in [1.807, 2.05) is 26.0 Å². The SMILES string of the molecule is COc1cc2c(cc1OC)C(C)(C)Oc1c(C(C)=O)c(O)cc(OC)c1-2. The molecule has 3 rings (SSSR count). The highest BCUT2D eigenvalue weighted by Gasteiger charge is 2.38. The molecular formula is C20H22O6. The van der Waals surface area contributed by atoms with Gasteiger partial charge in [-0.25, -0.2) is 0 Å². The molecule has 0 atom stereocenters. The van der Waals surface area contributed by atoms with Crippen LogP contribution in [-0.4, -0.2) is 32.2 Å². The summed E-state index contributed by atoms with van der Waals surface area (Å²) in [4.78, 5) is 12.2. The van der Waals surface area contributed by atoms with Crippen molar-refractivity contribution < 1.29 is 28.8 Å². The number of methoxy groups -OCH3 is 3. The highest BCUT2D eigenvalue weighted by Crippen LogP contribution is 2.55. The van der Waals surface area contributed by atoms with Crippen molar-refractivity contribution >= 4 is 5.78 Å². The van der Waals surface area contributed by atoms with Gasteiger partial charge in [0.1, 0.15) is 28.4 Å². The van der Waals surface area contributed by atoms with E-state index < -0.39 is 5.60 Å². The summed E-state index contributed by atoms with van der Waals surface area (Å²) in [6.07, 6.45) is 0. The number of Topliss-reactive ketones (excluding diaryl/α,β-unsaturated/α-hetero) is 1. The van der Waals surface area contributed by atoms with E-state index in [-0.39, 0.29) is 17.1 Å². The Balaban J connectivity index is 2.46. The van der Waals surface area contributed by atoms with Crippen molar-refractivity contribution in [2.45, 2.75) is 26.4 Å². The lowest BCUT2D eigenvalue weighted by Crippen LogP contribution is -2.30. The number of rotatable bonds is 4. The first-order valence-corrected chi connectivity index (χ1v) is 8.16. The van der Waals surface area contributed by atoms with Crippen molar-refractivity contribution in [2.75, 3.05) is 21.3 Å². The largest absolute Gasteiger partial charge is 0.507 e. The lowest BCUT2D eigenvalue weighted by molar-refractivity contribution is 0.0936.